The van der Waals surface area contributed by atoms with Crippen LogP contribution in [0.25, 0.3) is 0 Å². The molecule has 0 fully saturated rings. The van der Waals surface area contributed by atoms with Gasteiger partial charge in [-0.15, -0.1) is 0 Å². The second kappa shape index (κ2) is 7.40. The molecule has 0 aromatic heterocycles. The number of hydrogen-bond acceptors (Lipinski definition) is 2. The summed E-state index contributed by atoms with van der Waals surface area (Å²) in [6.45, 7) is 4.02. The second-order valence-electron chi connectivity index (χ2n) is 5.05. The smallest absolute Gasteiger partial charge is 0.258 e. The van der Waals surface area contributed by atoms with Crippen LogP contribution in [-0.4, -0.2) is 12.5 Å². The van der Waals surface area contributed by atoms with Crippen LogP contribution < -0.4 is 10.1 Å². The van der Waals surface area contributed by atoms with Crippen LogP contribution in [0.5, 0.6) is 5.75 Å². The van der Waals surface area contributed by atoms with E-state index in [0.717, 1.165) is 10.0 Å². The van der Waals surface area contributed by atoms with Gasteiger partial charge in [0.1, 0.15) is 11.6 Å². The summed E-state index contributed by atoms with van der Waals surface area (Å²) < 4.78 is 19.7. The van der Waals surface area contributed by atoms with Crippen molar-refractivity contribution in [1.82, 2.24) is 5.32 Å². The van der Waals surface area contributed by atoms with E-state index in [-0.39, 0.29) is 24.9 Å². The van der Waals surface area contributed by atoms with Crippen molar-refractivity contribution in [2.45, 2.75) is 20.4 Å². The predicted molar refractivity (Wildman–Crippen MR) is 87.4 cm³/mol. The van der Waals surface area contributed by atoms with Crippen LogP contribution in [0.2, 0.25) is 0 Å². The van der Waals surface area contributed by atoms with Crippen LogP contribution >= 0.6 is 15.9 Å². The van der Waals surface area contributed by atoms with Gasteiger partial charge in [-0.2, -0.15) is 0 Å². The Balaban J connectivity index is 1.85. The van der Waals surface area contributed by atoms with Crippen molar-refractivity contribution in [1.29, 1.82) is 0 Å². The van der Waals surface area contributed by atoms with Gasteiger partial charge in [0.15, 0.2) is 6.61 Å². The van der Waals surface area contributed by atoms with E-state index >= 15 is 0 Å². The normalized spacial score (nSPS) is 10.4. The van der Waals surface area contributed by atoms with Crippen LogP contribution in [0.15, 0.2) is 40.9 Å². The molecule has 0 spiro atoms. The Kier molecular flexibility index (Phi) is 5.55. The van der Waals surface area contributed by atoms with E-state index in [1.807, 2.05) is 32.0 Å². The lowest BCUT2D eigenvalue weighted by Crippen LogP contribution is -2.28. The molecule has 0 atom stereocenters. The third kappa shape index (κ3) is 4.56. The summed E-state index contributed by atoms with van der Waals surface area (Å²) in [6.07, 6.45) is 0. The Labute approximate surface area is 137 Å². The standard InChI is InChI=1S/C17H17BrFNO2/c1-11-3-5-15(7-12(11)2)22-10-17(21)20-9-13-8-14(18)4-6-16(13)19/h3-8H,9-10H2,1-2H3,(H,20,21). The van der Waals surface area contributed by atoms with Crippen LogP contribution in [0.4, 0.5) is 4.39 Å². The first kappa shape index (κ1) is 16.5. The molecular weight excluding hydrogens is 349 g/mol. The minimum atomic E-state index is -0.349. The maximum absolute atomic E-state index is 13.5. The topological polar surface area (TPSA) is 38.3 Å². The first-order valence-electron chi connectivity index (χ1n) is 6.86. The Morgan fingerprint density at radius 2 is 1.95 bits per heavy atom. The van der Waals surface area contributed by atoms with E-state index in [9.17, 15) is 9.18 Å². The molecule has 0 heterocycles. The molecular formula is C17H17BrFNO2. The number of hydrogen-bond donors (Lipinski definition) is 1. The molecule has 0 saturated heterocycles. The van der Waals surface area contributed by atoms with Crippen LogP contribution in [0, 0.1) is 19.7 Å². The summed E-state index contributed by atoms with van der Waals surface area (Å²) in [5, 5.41) is 2.64. The zero-order chi connectivity index (χ0) is 16.1. The van der Waals surface area contributed by atoms with E-state index in [2.05, 4.69) is 21.2 Å². The number of carbonyl (C=O) groups excluding carboxylic acids is 1. The molecule has 0 radical (unpaired) electrons. The van der Waals surface area contributed by atoms with Gasteiger partial charge in [0, 0.05) is 16.6 Å². The highest BCUT2D eigenvalue weighted by atomic mass is 79.9. The monoisotopic (exact) mass is 365 g/mol. The summed E-state index contributed by atoms with van der Waals surface area (Å²) in [5.41, 5.74) is 2.70. The van der Waals surface area contributed by atoms with Gasteiger partial charge in [0.2, 0.25) is 0 Å². The number of amides is 1. The average Bonchev–Trinajstić information content (AvgIpc) is 2.49. The number of aryl methyl sites for hydroxylation is 2. The van der Waals surface area contributed by atoms with Crippen molar-refractivity contribution >= 4 is 21.8 Å². The van der Waals surface area contributed by atoms with Gasteiger partial charge in [-0.1, -0.05) is 22.0 Å². The summed E-state index contributed by atoms with van der Waals surface area (Å²) in [4.78, 5) is 11.8. The molecule has 5 heteroatoms. The summed E-state index contributed by atoms with van der Waals surface area (Å²) >= 11 is 3.27. The quantitative estimate of drug-likeness (QED) is 0.872. The first-order valence-corrected chi connectivity index (χ1v) is 7.65. The second-order valence-corrected chi connectivity index (χ2v) is 5.96. The number of halogens is 2. The number of carbonyl (C=O) groups is 1. The lowest BCUT2D eigenvalue weighted by molar-refractivity contribution is -0.123. The number of rotatable bonds is 5. The largest absolute Gasteiger partial charge is 0.484 e. The van der Waals surface area contributed by atoms with Gasteiger partial charge in [0.25, 0.3) is 5.91 Å². The van der Waals surface area contributed by atoms with Crippen molar-refractivity contribution in [2.24, 2.45) is 0 Å². The molecule has 22 heavy (non-hydrogen) atoms. The van der Waals surface area contributed by atoms with Crippen molar-refractivity contribution in [2.75, 3.05) is 6.61 Å². The van der Waals surface area contributed by atoms with Crippen LogP contribution in [0.1, 0.15) is 16.7 Å². The van der Waals surface area contributed by atoms with Crippen LogP contribution in [0.3, 0.4) is 0 Å². The molecule has 0 bridgehead atoms. The Morgan fingerprint density at radius 1 is 1.18 bits per heavy atom. The number of nitrogens with one attached hydrogen (secondary N) is 1. The van der Waals surface area contributed by atoms with Crippen molar-refractivity contribution in [3.63, 3.8) is 0 Å². The predicted octanol–water partition coefficient (Wildman–Crippen LogP) is 3.90. The minimum absolute atomic E-state index is 0.0991. The third-order valence-electron chi connectivity index (χ3n) is 3.33. The van der Waals surface area contributed by atoms with Gasteiger partial charge >= 0.3 is 0 Å². The molecule has 1 amide bonds. The van der Waals surface area contributed by atoms with Crippen molar-refractivity contribution < 1.29 is 13.9 Å². The molecule has 116 valence electrons. The summed E-state index contributed by atoms with van der Waals surface area (Å²) in [7, 11) is 0. The van der Waals surface area contributed by atoms with E-state index in [1.54, 1.807) is 12.1 Å². The molecule has 0 saturated carbocycles. The third-order valence-corrected chi connectivity index (χ3v) is 3.83. The van der Waals surface area contributed by atoms with E-state index in [1.165, 1.54) is 11.6 Å². The van der Waals surface area contributed by atoms with E-state index in [4.69, 9.17) is 4.74 Å². The lowest BCUT2D eigenvalue weighted by Gasteiger charge is -2.09. The van der Waals surface area contributed by atoms with Crippen LogP contribution in [-0.2, 0) is 11.3 Å². The zero-order valence-electron chi connectivity index (χ0n) is 12.5. The SMILES string of the molecule is Cc1ccc(OCC(=O)NCc2cc(Br)ccc2F)cc1C. The van der Waals surface area contributed by atoms with E-state index in [0.29, 0.717) is 11.3 Å². The molecule has 0 aliphatic heterocycles. The zero-order valence-corrected chi connectivity index (χ0v) is 14.0. The molecule has 2 rings (SSSR count). The molecule has 0 aliphatic rings. The van der Waals surface area contributed by atoms with Crippen molar-refractivity contribution in [3.8, 4) is 5.75 Å². The highest BCUT2D eigenvalue weighted by molar-refractivity contribution is 9.10. The molecule has 0 aliphatic carbocycles. The fraction of sp³-hybridized carbons (Fsp3) is 0.235. The number of ether oxygens (including phenoxy) is 1. The fourth-order valence-corrected chi connectivity index (χ4v) is 2.28. The molecule has 2 aromatic rings. The Hall–Kier alpha value is -1.88. The molecule has 1 N–H and O–H groups in total. The summed E-state index contributed by atoms with van der Waals surface area (Å²) in [6, 6.07) is 10.3. The Morgan fingerprint density at radius 3 is 2.68 bits per heavy atom. The minimum Gasteiger partial charge on any atom is -0.484 e. The van der Waals surface area contributed by atoms with Gasteiger partial charge < -0.3 is 10.1 Å². The molecule has 2 aromatic carbocycles. The maximum Gasteiger partial charge on any atom is 0.258 e. The van der Waals surface area contributed by atoms with Gasteiger partial charge in [-0.25, -0.2) is 4.39 Å². The summed E-state index contributed by atoms with van der Waals surface area (Å²) in [5.74, 6) is 0.00284. The van der Waals surface area contributed by atoms with Gasteiger partial charge in [-0.3, -0.25) is 4.79 Å². The van der Waals surface area contributed by atoms with Crippen molar-refractivity contribution in [3.05, 3.63) is 63.4 Å². The fourth-order valence-electron chi connectivity index (χ4n) is 1.88. The van der Waals surface area contributed by atoms with Gasteiger partial charge in [-0.05, 0) is 55.3 Å². The average molecular weight is 366 g/mol. The number of benzene rings is 2. The highest BCUT2D eigenvalue weighted by Gasteiger charge is 2.07. The lowest BCUT2D eigenvalue weighted by atomic mass is 10.1. The van der Waals surface area contributed by atoms with Gasteiger partial charge in [0.05, 0.1) is 0 Å². The maximum atomic E-state index is 13.5. The highest BCUT2D eigenvalue weighted by Crippen LogP contribution is 2.17. The molecule has 3 nitrogen and oxygen atoms in total. The molecule has 0 unspecified atom stereocenters. The first-order chi connectivity index (χ1) is 10.5. The Bertz CT molecular complexity index is 688. The van der Waals surface area contributed by atoms with E-state index < -0.39 is 0 Å².